The van der Waals surface area contributed by atoms with Gasteiger partial charge in [-0.05, 0) is 30.9 Å². The molecule has 0 saturated heterocycles. The maximum atomic E-state index is 5.58. The van der Waals surface area contributed by atoms with Gasteiger partial charge in [0.15, 0.2) is 0 Å². The van der Waals surface area contributed by atoms with Crippen LogP contribution in [-0.4, -0.2) is 7.11 Å². The zero-order valence-electron chi connectivity index (χ0n) is 8.78. The lowest BCUT2D eigenvalue weighted by Gasteiger charge is -2.24. The minimum absolute atomic E-state index is 0.0417. The van der Waals surface area contributed by atoms with Crippen LogP contribution in [0.2, 0.25) is 0 Å². The zero-order valence-corrected chi connectivity index (χ0v) is 12.0. The summed E-state index contributed by atoms with van der Waals surface area (Å²) < 4.78 is 6.65. The number of hydrogen-bond donors (Lipinski definition) is 0. The smallest absolute Gasteiger partial charge is 0.0912 e. The summed E-state index contributed by atoms with van der Waals surface area (Å²) in [5.41, 5.74) is 1.14. The van der Waals surface area contributed by atoms with E-state index in [1.807, 2.05) is 31.0 Å². The van der Waals surface area contributed by atoms with Crippen LogP contribution in [0.3, 0.4) is 0 Å². The normalized spacial score (nSPS) is 20.2. The number of ether oxygens (including phenoxy) is 1. The highest BCUT2D eigenvalue weighted by molar-refractivity contribution is 9.11. The summed E-state index contributed by atoms with van der Waals surface area (Å²) in [5, 5.41) is 0. The molecule has 1 aromatic carbocycles. The average Bonchev–Trinajstić information content (AvgIpc) is 2.69. The van der Waals surface area contributed by atoms with E-state index in [2.05, 4.69) is 44.3 Å². The Balaban J connectivity index is 2.25. The predicted octanol–water partition coefficient (Wildman–Crippen LogP) is 4.26. The quantitative estimate of drug-likeness (QED) is 0.797. The number of hydrogen-bond acceptors (Lipinski definition) is 1. The van der Waals surface area contributed by atoms with E-state index in [0.29, 0.717) is 0 Å². The molecule has 1 aliphatic rings. The minimum Gasteiger partial charge on any atom is -0.376 e. The SMILES string of the molecule is CO[C@H]([C]1[CH][CH][CH][C]1Br)c1ccccc1Br. The summed E-state index contributed by atoms with van der Waals surface area (Å²) in [6.07, 6.45) is 6.07. The second-order valence-electron chi connectivity index (χ2n) is 3.47. The first-order chi connectivity index (χ1) is 7.74. The molecule has 3 heteroatoms. The Bertz CT molecular complexity index is 354. The van der Waals surface area contributed by atoms with E-state index in [-0.39, 0.29) is 6.10 Å². The van der Waals surface area contributed by atoms with Gasteiger partial charge in [-0.3, -0.25) is 0 Å². The molecule has 0 amide bonds. The molecule has 0 heterocycles. The molecule has 1 atom stereocenters. The monoisotopic (exact) mass is 341 g/mol. The summed E-state index contributed by atoms with van der Waals surface area (Å²) in [5.74, 6) is 1.15. The van der Waals surface area contributed by atoms with Crippen LogP contribution in [0.4, 0.5) is 0 Å². The fourth-order valence-corrected chi connectivity index (χ4v) is 2.72. The molecule has 16 heavy (non-hydrogen) atoms. The Morgan fingerprint density at radius 2 is 1.88 bits per heavy atom. The lowest BCUT2D eigenvalue weighted by atomic mass is 9.94. The fourth-order valence-electron chi connectivity index (χ4n) is 1.73. The molecule has 0 aliphatic heterocycles. The highest BCUT2D eigenvalue weighted by Gasteiger charge is 2.35. The van der Waals surface area contributed by atoms with E-state index in [1.165, 1.54) is 0 Å². The standard InChI is InChI=1S/C13H11Br2O/c1-16-13(10-6-4-8-12(10)15)9-5-2-3-7-11(9)14/h2-8,13H,1H3/t13-/m0/s1. The average molecular weight is 343 g/mol. The van der Waals surface area contributed by atoms with Gasteiger partial charge in [0.1, 0.15) is 0 Å². The lowest BCUT2D eigenvalue weighted by molar-refractivity contribution is 0.120. The molecular weight excluding hydrogens is 332 g/mol. The van der Waals surface area contributed by atoms with Gasteiger partial charge in [-0.15, -0.1) is 0 Å². The molecular formula is C13H11Br2O. The van der Waals surface area contributed by atoms with Crippen molar-refractivity contribution < 1.29 is 4.74 Å². The van der Waals surface area contributed by atoms with E-state index in [4.69, 9.17) is 4.74 Å². The van der Waals surface area contributed by atoms with Crippen LogP contribution in [0.1, 0.15) is 11.7 Å². The molecule has 0 aromatic heterocycles. The summed E-state index contributed by atoms with van der Waals surface area (Å²) in [7, 11) is 1.73. The van der Waals surface area contributed by atoms with Gasteiger partial charge in [0.2, 0.25) is 0 Å². The molecule has 0 bridgehead atoms. The molecule has 0 spiro atoms. The maximum Gasteiger partial charge on any atom is 0.0912 e. The lowest BCUT2D eigenvalue weighted by Crippen LogP contribution is -2.14. The summed E-state index contributed by atoms with van der Waals surface area (Å²) in [6.45, 7) is 0. The number of benzene rings is 1. The van der Waals surface area contributed by atoms with E-state index < -0.39 is 0 Å². The maximum absolute atomic E-state index is 5.58. The van der Waals surface area contributed by atoms with Gasteiger partial charge in [-0.25, -0.2) is 0 Å². The van der Waals surface area contributed by atoms with Gasteiger partial charge >= 0.3 is 0 Å². The fraction of sp³-hybridized carbons (Fsp3) is 0.154. The Morgan fingerprint density at radius 1 is 1.12 bits per heavy atom. The predicted molar refractivity (Wildman–Crippen MR) is 72.2 cm³/mol. The summed E-state index contributed by atoms with van der Waals surface area (Å²) >= 11 is 7.09. The molecule has 5 radical (unpaired) electrons. The minimum atomic E-state index is -0.0417. The second kappa shape index (κ2) is 5.65. The van der Waals surface area contributed by atoms with Crippen molar-refractivity contribution in [3.63, 3.8) is 0 Å². The topological polar surface area (TPSA) is 9.23 Å². The van der Waals surface area contributed by atoms with E-state index in [0.717, 1.165) is 20.8 Å². The molecule has 83 valence electrons. The summed E-state index contributed by atoms with van der Waals surface area (Å²) in [4.78, 5) is 1.08. The van der Waals surface area contributed by atoms with Gasteiger partial charge in [0.05, 0.1) is 10.9 Å². The van der Waals surface area contributed by atoms with Crippen LogP contribution >= 0.6 is 31.9 Å². The van der Waals surface area contributed by atoms with Crippen LogP contribution in [0.5, 0.6) is 0 Å². The molecule has 0 unspecified atom stereocenters. The van der Waals surface area contributed by atoms with E-state index >= 15 is 0 Å². The third kappa shape index (κ3) is 2.52. The first-order valence-corrected chi connectivity index (χ1v) is 6.51. The van der Waals surface area contributed by atoms with Crippen molar-refractivity contribution in [2.75, 3.05) is 7.11 Å². The van der Waals surface area contributed by atoms with Crippen LogP contribution in [0, 0.1) is 30.0 Å². The van der Waals surface area contributed by atoms with E-state index in [1.54, 1.807) is 7.11 Å². The van der Waals surface area contributed by atoms with Crippen molar-refractivity contribution in [3.8, 4) is 0 Å². The number of halogens is 2. The zero-order chi connectivity index (χ0) is 11.5. The molecule has 2 rings (SSSR count). The first-order valence-electron chi connectivity index (χ1n) is 4.92. The molecule has 0 N–H and O–H groups in total. The van der Waals surface area contributed by atoms with Gasteiger partial charge in [-0.2, -0.15) is 0 Å². The highest BCUT2D eigenvalue weighted by Crippen LogP contribution is 2.47. The molecule has 1 aromatic rings. The van der Waals surface area contributed by atoms with Gasteiger partial charge in [0, 0.05) is 17.5 Å². The van der Waals surface area contributed by atoms with Gasteiger partial charge < -0.3 is 4.74 Å². The molecule has 1 fully saturated rings. The first kappa shape index (κ1) is 12.6. The Hall–Kier alpha value is 0.140. The molecule has 1 aliphatic carbocycles. The Morgan fingerprint density at radius 3 is 2.44 bits per heavy atom. The molecule has 1 saturated carbocycles. The van der Waals surface area contributed by atoms with Crippen LogP contribution < -0.4 is 0 Å². The summed E-state index contributed by atoms with van der Waals surface area (Å²) in [6, 6.07) is 8.11. The number of rotatable bonds is 3. The third-order valence-corrected chi connectivity index (χ3v) is 3.94. The van der Waals surface area contributed by atoms with Crippen molar-refractivity contribution in [2.45, 2.75) is 6.10 Å². The molecule has 1 nitrogen and oxygen atoms in total. The van der Waals surface area contributed by atoms with Crippen molar-refractivity contribution in [3.05, 3.63) is 64.3 Å². The van der Waals surface area contributed by atoms with Crippen molar-refractivity contribution >= 4 is 31.9 Å². The van der Waals surface area contributed by atoms with Crippen molar-refractivity contribution in [2.24, 2.45) is 0 Å². The number of methoxy groups -OCH3 is 1. The largest absolute Gasteiger partial charge is 0.376 e. The van der Waals surface area contributed by atoms with E-state index in [9.17, 15) is 0 Å². The van der Waals surface area contributed by atoms with Crippen molar-refractivity contribution in [1.82, 2.24) is 0 Å². The van der Waals surface area contributed by atoms with Crippen LogP contribution in [0.15, 0.2) is 28.7 Å². The van der Waals surface area contributed by atoms with Gasteiger partial charge in [0.25, 0.3) is 0 Å². The van der Waals surface area contributed by atoms with Gasteiger partial charge in [-0.1, -0.05) is 50.1 Å². The Kier molecular flexibility index (Phi) is 4.45. The van der Waals surface area contributed by atoms with Crippen molar-refractivity contribution in [1.29, 1.82) is 0 Å². The second-order valence-corrected chi connectivity index (χ2v) is 5.17. The highest BCUT2D eigenvalue weighted by atomic mass is 79.9. The van der Waals surface area contributed by atoms with Crippen LogP contribution in [0.25, 0.3) is 0 Å². The van der Waals surface area contributed by atoms with Crippen LogP contribution in [-0.2, 0) is 4.74 Å². The Labute approximate surface area is 114 Å². The third-order valence-electron chi connectivity index (χ3n) is 2.50.